The lowest BCUT2D eigenvalue weighted by Gasteiger charge is -2.36. The Morgan fingerprint density at radius 1 is 0.967 bits per heavy atom. The topological polar surface area (TPSA) is 112 Å². The minimum absolute atomic E-state index is 0.0267. The second-order valence-corrected chi connectivity index (χ2v) is 6.91. The Balaban J connectivity index is 1.91. The predicted molar refractivity (Wildman–Crippen MR) is 107 cm³/mol. The third-order valence-corrected chi connectivity index (χ3v) is 5.29. The molecule has 0 unspecified atom stereocenters. The summed E-state index contributed by atoms with van der Waals surface area (Å²) in [5.41, 5.74) is 0.255. The van der Waals surface area contributed by atoms with Crippen LogP contribution in [0.1, 0.15) is 32.6 Å². The zero-order valence-corrected chi connectivity index (χ0v) is 15.9. The monoisotopic (exact) mass is 414 g/mol. The summed E-state index contributed by atoms with van der Waals surface area (Å²) in [6.07, 6.45) is 0. The number of aromatic hydroxyl groups is 2. The number of aliphatic imine (C=N–C) groups is 1. The number of carbonyl (C=O) groups is 1. The Labute approximate surface area is 175 Å². The number of phenolic OH excluding ortho intramolecular Hbond substituents is 2. The normalized spacial score (nSPS) is 14.4. The summed E-state index contributed by atoms with van der Waals surface area (Å²) in [7, 11) is 0. The van der Waals surface area contributed by atoms with Crippen molar-refractivity contribution in [2.75, 3.05) is 0 Å². The van der Waals surface area contributed by atoms with E-state index in [1.807, 2.05) is 6.07 Å². The Kier molecular flexibility index (Phi) is 3.67. The van der Waals surface area contributed by atoms with E-state index in [-0.39, 0.29) is 39.8 Å². The van der Waals surface area contributed by atoms with Gasteiger partial charge in [-0.2, -0.15) is 10.3 Å². The number of carbonyl (C=O) groups excluding carboxylic acids is 1. The first-order chi connectivity index (χ1) is 14.5. The summed E-state index contributed by atoms with van der Waals surface area (Å²) < 4.78 is 11.8. The van der Waals surface area contributed by atoms with Crippen LogP contribution in [0.25, 0.3) is 0 Å². The second kappa shape index (κ2) is 6.16. The average molecular weight is 414 g/mol. The van der Waals surface area contributed by atoms with Crippen molar-refractivity contribution in [3.8, 4) is 29.1 Å². The highest BCUT2D eigenvalue weighted by Crippen LogP contribution is 2.57. The molecule has 30 heavy (non-hydrogen) atoms. The molecular weight excluding hydrogens is 404 g/mol. The van der Waals surface area contributed by atoms with Crippen LogP contribution >= 0.6 is 12.2 Å². The van der Waals surface area contributed by atoms with Crippen LogP contribution in [0.15, 0.2) is 53.5 Å². The standard InChI is InChI=1S/C22H10N2O5S/c23-9-13-17(24-10-30)6-5-16-20(13)21(27)29-22(16)14-3-1-11(25)7-18(14)28-19-8-12(26)2-4-15(19)22/h1-8,25-26H. The van der Waals surface area contributed by atoms with Crippen LogP contribution in [-0.2, 0) is 10.3 Å². The predicted octanol–water partition coefficient (Wildman–Crippen LogP) is 4.27. The highest BCUT2D eigenvalue weighted by Gasteiger charge is 2.54. The van der Waals surface area contributed by atoms with Gasteiger partial charge in [0.25, 0.3) is 0 Å². The van der Waals surface area contributed by atoms with E-state index in [2.05, 4.69) is 22.4 Å². The van der Waals surface area contributed by atoms with Crippen molar-refractivity contribution in [1.82, 2.24) is 0 Å². The maximum absolute atomic E-state index is 13.0. The quantitative estimate of drug-likeness (QED) is 0.347. The van der Waals surface area contributed by atoms with Crippen molar-refractivity contribution in [1.29, 1.82) is 5.26 Å². The Morgan fingerprint density at radius 2 is 1.57 bits per heavy atom. The van der Waals surface area contributed by atoms with E-state index in [0.717, 1.165) is 0 Å². The van der Waals surface area contributed by atoms with E-state index >= 15 is 0 Å². The number of isothiocyanates is 1. The molecule has 0 saturated carbocycles. The third kappa shape index (κ3) is 2.22. The van der Waals surface area contributed by atoms with Gasteiger partial charge >= 0.3 is 5.97 Å². The maximum Gasteiger partial charge on any atom is 0.341 e. The van der Waals surface area contributed by atoms with Gasteiger partial charge in [-0.15, -0.1) is 0 Å². The van der Waals surface area contributed by atoms with Gasteiger partial charge in [-0.05, 0) is 42.5 Å². The Bertz CT molecular complexity index is 1320. The molecule has 0 fully saturated rings. The fraction of sp³-hybridized carbons (Fsp3) is 0.0455. The summed E-state index contributed by atoms with van der Waals surface area (Å²) in [5, 5.41) is 31.8. The number of ether oxygens (including phenoxy) is 2. The number of hydrogen-bond acceptors (Lipinski definition) is 8. The van der Waals surface area contributed by atoms with Gasteiger partial charge in [0.05, 0.1) is 22.0 Å². The molecule has 8 heteroatoms. The largest absolute Gasteiger partial charge is 0.508 e. The van der Waals surface area contributed by atoms with E-state index in [4.69, 9.17) is 9.47 Å². The summed E-state index contributed by atoms with van der Waals surface area (Å²) in [6, 6.07) is 14.1. The maximum atomic E-state index is 13.0. The molecule has 144 valence electrons. The summed E-state index contributed by atoms with van der Waals surface area (Å²) in [6.45, 7) is 0. The van der Waals surface area contributed by atoms with Crippen LogP contribution in [0, 0.1) is 11.3 Å². The Morgan fingerprint density at radius 3 is 2.13 bits per heavy atom. The fourth-order valence-electron chi connectivity index (χ4n) is 4.03. The van der Waals surface area contributed by atoms with Crippen LogP contribution in [0.2, 0.25) is 0 Å². The van der Waals surface area contributed by atoms with Crippen molar-refractivity contribution in [3.63, 3.8) is 0 Å². The van der Waals surface area contributed by atoms with E-state index in [1.54, 1.807) is 24.3 Å². The van der Waals surface area contributed by atoms with E-state index in [0.29, 0.717) is 16.7 Å². The number of hydrogen-bond donors (Lipinski definition) is 2. The zero-order valence-electron chi connectivity index (χ0n) is 15.0. The zero-order chi connectivity index (χ0) is 21.0. The lowest BCUT2D eigenvalue weighted by molar-refractivity contribution is 0.0224. The molecule has 2 heterocycles. The molecule has 2 aliphatic rings. The minimum atomic E-state index is -1.43. The van der Waals surface area contributed by atoms with Crippen LogP contribution < -0.4 is 4.74 Å². The molecule has 1 spiro atoms. The second-order valence-electron chi connectivity index (χ2n) is 6.73. The molecule has 3 aromatic rings. The smallest absolute Gasteiger partial charge is 0.341 e. The first-order valence-electron chi connectivity index (χ1n) is 8.73. The molecule has 0 bridgehead atoms. The van der Waals surface area contributed by atoms with Crippen molar-refractivity contribution in [2.45, 2.75) is 5.60 Å². The molecule has 2 N–H and O–H groups in total. The summed E-state index contributed by atoms with van der Waals surface area (Å²) >= 11 is 4.64. The Hall–Kier alpha value is -4.18. The highest BCUT2D eigenvalue weighted by molar-refractivity contribution is 7.78. The lowest BCUT2D eigenvalue weighted by atomic mass is 9.77. The van der Waals surface area contributed by atoms with Crippen molar-refractivity contribution in [2.24, 2.45) is 4.99 Å². The van der Waals surface area contributed by atoms with Gasteiger partial charge in [-0.3, -0.25) is 0 Å². The van der Waals surface area contributed by atoms with Crippen LogP contribution in [-0.4, -0.2) is 21.3 Å². The SMILES string of the molecule is N#Cc1c(N=C=S)ccc2c1C(=O)OC21c2ccc(O)cc2Oc2cc(O)ccc21. The highest BCUT2D eigenvalue weighted by atomic mass is 32.1. The fourth-order valence-corrected chi connectivity index (χ4v) is 4.13. The molecular formula is C22H10N2O5S. The third-order valence-electron chi connectivity index (χ3n) is 5.20. The summed E-state index contributed by atoms with van der Waals surface area (Å²) in [5.74, 6) is -0.273. The first-order valence-corrected chi connectivity index (χ1v) is 9.14. The van der Waals surface area contributed by atoms with E-state index in [9.17, 15) is 20.3 Å². The van der Waals surface area contributed by atoms with Gasteiger partial charge in [0, 0.05) is 28.8 Å². The number of nitriles is 1. The van der Waals surface area contributed by atoms with Crippen LogP contribution in [0.3, 0.4) is 0 Å². The van der Waals surface area contributed by atoms with Crippen LogP contribution in [0.5, 0.6) is 23.0 Å². The molecule has 5 rings (SSSR count). The van der Waals surface area contributed by atoms with Gasteiger partial charge < -0.3 is 19.7 Å². The van der Waals surface area contributed by atoms with Gasteiger partial charge in [0.15, 0.2) is 5.60 Å². The summed E-state index contributed by atoms with van der Waals surface area (Å²) in [4.78, 5) is 16.9. The first kappa shape index (κ1) is 17.9. The van der Waals surface area contributed by atoms with Gasteiger partial charge in [0.1, 0.15) is 29.1 Å². The van der Waals surface area contributed by atoms with Gasteiger partial charge in [0.2, 0.25) is 0 Å². The van der Waals surface area contributed by atoms with Gasteiger partial charge in [-0.25, -0.2) is 4.79 Å². The minimum Gasteiger partial charge on any atom is -0.508 e. The van der Waals surface area contributed by atoms with Crippen molar-refractivity contribution >= 4 is 29.0 Å². The number of rotatable bonds is 1. The number of fused-ring (bicyclic) bond motifs is 6. The average Bonchev–Trinajstić information content (AvgIpc) is 3.01. The van der Waals surface area contributed by atoms with E-state index in [1.165, 1.54) is 24.3 Å². The molecule has 0 radical (unpaired) electrons. The number of phenols is 2. The molecule has 7 nitrogen and oxygen atoms in total. The lowest BCUT2D eigenvalue weighted by Crippen LogP contribution is -2.32. The number of esters is 1. The van der Waals surface area contributed by atoms with Crippen molar-refractivity contribution in [3.05, 3.63) is 76.3 Å². The van der Waals surface area contributed by atoms with Gasteiger partial charge in [-0.1, -0.05) is 6.07 Å². The molecule has 0 amide bonds. The van der Waals surface area contributed by atoms with E-state index < -0.39 is 11.6 Å². The molecule has 0 atom stereocenters. The molecule has 0 saturated heterocycles. The number of thiocarbonyl (C=S) groups is 1. The number of nitrogens with zero attached hydrogens (tertiary/aromatic N) is 2. The van der Waals surface area contributed by atoms with Crippen LogP contribution in [0.4, 0.5) is 5.69 Å². The molecule has 3 aromatic carbocycles. The molecule has 0 aromatic heterocycles. The molecule has 2 aliphatic heterocycles. The van der Waals surface area contributed by atoms with Crippen molar-refractivity contribution < 1.29 is 24.5 Å². The number of benzene rings is 3. The molecule has 0 aliphatic carbocycles.